The maximum absolute atomic E-state index is 12.2. The van der Waals surface area contributed by atoms with Crippen LogP contribution in [0.2, 0.25) is 0 Å². The first kappa shape index (κ1) is 14.6. The topological polar surface area (TPSA) is 95.9 Å². The van der Waals surface area contributed by atoms with E-state index in [1.54, 1.807) is 42.3 Å². The summed E-state index contributed by atoms with van der Waals surface area (Å²) in [5, 5.41) is 3.92. The molecular formula is C16H15N5O3. The number of nitrogens with zero attached hydrogens (tertiary/aromatic N) is 5. The summed E-state index contributed by atoms with van der Waals surface area (Å²) in [5.74, 6) is 1.58. The number of carbonyl (C=O) groups is 1. The minimum absolute atomic E-state index is 0.313. The van der Waals surface area contributed by atoms with Gasteiger partial charge in [-0.2, -0.15) is 4.98 Å². The molecule has 0 aromatic carbocycles. The van der Waals surface area contributed by atoms with Gasteiger partial charge in [-0.3, -0.25) is 4.57 Å². The van der Waals surface area contributed by atoms with Gasteiger partial charge in [-0.25, -0.2) is 14.8 Å². The molecule has 8 nitrogen and oxygen atoms in total. The maximum atomic E-state index is 12.2. The van der Waals surface area contributed by atoms with Crippen molar-refractivity contribution < 1.29 is 14.1 Å². The van der Waals surface area contributed by atoms with Crippen LogP contribution in [0.15, 0.2) is 41.6 Å². The van der Waals surface area contributed by atoms with E-state index in [0.717, 1.165) is 12.8 Å². The number of esters is 1. The van der Waals surface area contributed by atoms with E-state index in [1.165, 1.54) is 6.20 Å². The molecule has 1 atom stereocenters. The van der Waals surface area contributed by atoms with Crippen LogP contribution >= 0.6 is 0 Å². The van der Waals surface area contributed by atoms with Crippen LogP contribution in [0.4, 0.5) is 0 Å². The van der Waals surface area contributed by atoms with Crippen LogP contribution < -0.4 is 0 Å². The standard InChI is InChI=1S/C16H15N5O3/c1-10(15-19-14(20-24-15)11-2-3-11)23-16(22)12-4-5-13(18-8-12)21-7-6-17-9-21/h4-11H,2-3H2,1H3. The van der Waals surface area contributed by atoms with Crippen molar-refractivity contribution >= 4 is 5.97 Å². The number of pyridine rings is 1. The van der Waals surface area contributed by atoms with Gasteiger partial charge in [0.25, 0.3) is 5.89 Å². The Morgan fingerprint density at radius 1 is 1.42 bits per heavy atom. The third kappa shape index (κ3) is 2.90. The largest absolute Gasteiger partial charge is 0.449 e. The normalized spacial score (nSPS) is 15.2. The highest BCUT2D eigenvalue weighted by Crippen LogP contribution is 2.38. The highest BCUT2D eigenvalue weighted by molar-refractivity contribution is 5.89. The zero-order chi connectivity index (χ0) is 16.5. The second-order valence-electron chi connectivity index (χ2n) is 5.69. The molecule has 1 unspecified atom stereocenters. The van der Waals surface area contributed by atoms with Gasteiger partial charge in [0, 0.05) is 24.5 Å². The fraction of sp³-hybridized carbons (Fsp3) is 0.312. The van der Waals surface area contributed by atoms with Crippen molar-refractivity contribution in [3.8, 4) is 5.82 Å². The lowest BCUT2D eigenvalue weighted by molar-refractivity contribution is 0.0265. The number of rotatable bonds is 5. The van der Waals surface area contributed by atoms with Crippen molar-refractivity contribution in [1.82, 2.24) is 24.7 Å². The van der Waals surface area contributed by atoms with Crippen molar-refractivity contribution in [2.45, 2.75) is 31.8 Å². The molecule has 0 bridgehead atoms. The Bertz CT molecular complexity index is 837. The fourth-order valence-corrected chi connectivity index (χ4v) is 2.25. The zero-order valence-electron chi connectivity index (χ0n) is 13.0. The van der Waals surface area contributed by atoms with Crippen LogP contribution in [-0.4, -0.2) is 30.6 Å². The first-order valence-corrected chi connectivity index (χ1v) is 7.69. The Morgan fingerprint density at radius 2 is 2.29 bits per heavy atom. The Kier molecular flexibility index (Phi) is 3.56. The molecule has 3 heterocycles. The van der Waals surface area contributed by atoms with E-state index in [9.17, 15) is 4.79 Å². The van der Waals surface area contributed by atoms with Gasteiger partial charge in [0.2, 0.25) is 0 Å². The molecule has 0 amide bonds. The molecule has 1 fully saturated rings. The molecule has 0 spiro atoms. The van der Waals surface area contributed by atoms with Gasteiger partial charge in [-0.05, 0) is 31.9 Å². The van der Waals surface area contributed by atoms with Gasteiger partial charge in [-0.15, -0.1) is 0 Å². The van der Waals surface area contributed by atoms with Crippen molar-refractivity contribution in [2.24, 2.45) is 0 Å². The lowest BCUT2D eigenvalue weighted by atomic mass is 10.3. The Morgan fingerprint density at radius 3 is 2.96 bits per heavy atom. The predicted octanol–water partition coefficient (Wildman–Crippen LogP) is 2.45. The third-order valence-corrected chi connectivity index (χ3v) is 3.78. The average Bonchev–Trinajstić information content (AvgIpc) is 3.12. The summed E-state index contributed by atoms with van der Waals surface area (Å²) < 4.78 is 12.3. The molecule has 1 aliphatic rings. The second kappa shape index (κ2) is 5.88. The molecule has 0 N–H and O–H groups in total. The van der Waals surface area contributed by atoms with E-state index in [0.29, 0.717) is 29.0 Å². The number of hydrogen-bond donors (Lipinski definition) is 0. The molecule has 1 aliphatic carbocycles. The van der Waals surface area contributed by atoms with Crippen LogP contribution in [0.1, 0.15) is 53.9 Å². The smallest absolute Gasteiger partial charge is 0.340 e. The molecule has 122 valence electrons. The van der Waals surface area contributed by atoms with E-state index in [2.05, 4.69) is 20.1 Å². The van der Waals surface area contributed by atoms with Crippen LogP contribution in [0.25, 0.3) is 5.82 Å². The average molecular weight is 325 g/mol. The van der Waals surface area contributed by atoms with Gasteiger partial charge >= 0.3 is 5.97 Å². The van der Waals surface area contributed by atoms with E-state index in [4.69, 9.17) is 9.26 Å². The van der Waals surface area contributed by atoms with E-state index in [-0.39, 0.29) is 0 Å². The van der Waals surface area contributed by atoms with Crippen molar-refractivity contribution in [3.63, 3.8) is 0 Å². The number of ether oxygens (including phenoxy) is 1. The Hall–Kier alpha value is -3.03. The Balaban J connectivity index is 1.43. The molecule has 4 rings (SSSR count). The van der Waals surface area contributed by atoms with E-state index < -0.39 is 12.1 Å². The lowest BCUT2D eigenvalue weighted by Crippen LogP contribution is -2.10. The summed E-state index contributed by atoms with van der Waals surface area (Å²) in [7, 11) is 0. The molecule has 1 saturated carbocycles. The monoisotopic (exact) mass is 325 g/mol. The molecule has 3 aromatic heterocycles. The molecule has 0 radical (unpaired) electrons. The van der Waals surface area contributed by atoms with Crippen molar-refractivity contribution in [3.05, 3.63) is 54.3 Å². The van der Waals surface area contributed by atoms with Gasteiger partial charge < -0.3 is 9.26 Å². The summed E-state index contributed by atoms with van der Waals surface area (Å²) >= 11 is 0. The van der Waals surface area contributed by atoms with Crippen LogP contribution in [0.3, 0.4) is 0 Å². The minimum atomic E-state index is -0.606. The van der Waals surface area contributed by atoms with Crippen LogP contribution in [0.5, 0.6) is 0 Å². The van der Waals surface area contributed by atoms with E-state index in [1.807, 2.05) is 0 Å². The number of imidazole rings is 1. The predicted molar refractivity (Wildman–Crippen MR) is 81.5 cm³/mol. The van der Waals surface area contributed by atoms with Crippen molar-refractivity contribution in [1.29, 1.82) is 0 Å². The maximum Gasteiger partial charge on any atom is 0.340 e. The molecule has 8 heteroatoms. The first-order valence-electron chi connectivity index (χ1n) is 7.69. The zero-order valence-corrected chi connectivity index (χ0v) is 13.0. The SMILES string of the molecule is CC(OC(=O)c1ccc(-n2ccnc2)nc1)c1nc(C2CC2)no1. The highest BCUT2D eigenvalue weighted by atomic mass is 16.6. The third-order valence-electron chi connectivity index (χ3n) is 3.78. The number of hydrogen-bond acceptors (Lipinski definition) is 7. The van der Waals surface area contributed by atoms with Gasteiger partial charge in [0.05, 0.1) is 5.56 Å². The van der Waals surface area contributed by atoms with Gasteiger partial charge in [0.15, 0.2) is 11.9 Å². The van der Waals surface area contributed by atoms with Crippen molar-refractivity contribution in [2.75, 3.05) is 0 Å². The van der Waals surface area contributed by atoms with Gasteiger partial charge in [-0.1, -0.05) is 5.16 Å². The summed E-state index contributed by atoms with van der Waals surface area (Å²) in [6, 6.07) is 3.38. The van der Waals surface area contributed by atoms with Gasteiger partial charge in [0.1, 0.15) is 12.1 Å². The molecule has 0 saturated heterocycles. The number of aromatic nitrogens is 5. The molecule has 0 aliphatic heterocycles. The first-order chi connectivity index (χ1) is 11.7. The second-order valence-corrected chi connectivity index (χ2v) is 5.69. The fourth-order valence-electron chi connectivity index (χ4n) is 2.25. The molecular weight excluding hydrogens is 310 g/mol. The molecule has 3 aromatic rings. The Labute approximate surface area is 137 Å². The summed E-state index contributed by atoms with van der Waals surface area (Å²) in [6.07, 6.45) is 8.10. The highest BCUT2D eigenvalue weighted by Gasteiger charge is 2.30. The minimum Gasteiger partial charge on any atom is -0.449 e. The quantitative estimate of drug-likeness (QED) is 0.665. The summed E-state index contributed by atoms with van der Waals surface area (Å²) in [6.45, 7) is 1.70. The summed E-state index contributed by atoms with van der Waals surface area (Å²) in [5.41, 5.74) is 0.354. The lowest BCUT2D eigenvalue weighted by Gasteiger charge is -2.09. The van der Waals surface area contributed by atoms with Crippen LogP contribution in [0, 0.1) is 0 Å². The van der Waals surface area contributed by atoms with E-state index >= 15 is 0 Å². The molecule has 24 heavy (non-hydrogen) atoms. The van der Waals surface area contributed by atoms with Crippen LogP contribution in [-0.2, 0) is 4.74 Å². The summed E-state index contributed by atoms with van der Waals surface area (Å²) in [4.78, 5) is 24.7. The number of carbonyl (C=O) groups excluding carboxylic acids is 1.